The molecule has 2 heterocycles. The molecule has 27 heteroatoms. The summed E-state index contributed by atoms with van der Waals surface area (Å²) in [6, 6.07) is -2.41. The number of nitrogens with one attached hydrogen (secondary N) is 8. The molecule has 0 bridgehead atoms. The SMILES string of the molecule is CC[C@H](C)[C@@H]1NC(=O)[C@H](Cc2ccccc2)NC(=O)[C@@H](N)CSSC[C@@H](C(=O)N2CCC[C@H]2C(=O)N[C@@H](CCCN)C(=O)NCC(N)=O)NC(=O)[C@H](CC(N)=O)NC(=O)[C@H](CC(=O)NCCCO)NC1=O. The van der Waals surface area contributed by atoms with Crippen LogP contribution >= 0.6 is 21.6 Å². The van der Waals surface area contributed by atoms with Crippen molar-refractivity contribution in [3.05, 3.63) is 35.9 Å². The molecule has 394 valence electrons. The first-order chi connectivity index (χ1) is 33.8. The van der Waals surface area contributed by atoms with E-state index >= 15 is 0 Å². The Morgan fingerprint density at radius 2 is 1.44 bits per heavy atom. The Labute approximate surface area is 419 Å². The van der Waals surface area contributed by atoms with Crippen LogP contribution in [0.3, 0.4) is 0 Å². The lowest BCUT2D eigenvalue weighted by Crippen LogP contribution is -2.62. The Kier molecular flexibility index (Phi) is 25.6. The molecule has 2 aliphatic rings. The molecule has 1 aromatic rings. The lowest BCUT2D eigenvalue weighted by molar-refractivity contribution is -0.142. The summed E-state index contributed by atoms with van der Waals surface area (Å²) in [7, 11) is 2.06. The molecule has 25 nitrogen and oxygen atoms in total. The van der Waals surface area contributed by atoms with Gasteiger partial charge < -0.3 is 75.5 Å². The highest BCUT2D eigenvalue weighted by Crippen LogP contribution is 2.26. The minimum Gasteiger partial charge on any atom is -0.396 e. The lowest BCUT2D eigenvalue weighted by Gasteiger charge is -2.31. The third-order valence-corrected chi connectivity index (χ3v) is 14.0. The van der Waals surface area contributed by atoms with E-state index < -0.39 is 139 Å². The molecule has 0 saturated carbocycles. The van der Waals surface area contributed by atoms with Gasteiger partial charge in [0.2, 0.25) is 65.0 Å². The van der Waals surface area contributed by atoms with Crippen LogP contribution in [-0.2, 0) is 59.2 Å². The predicted molar refractivity (Wildman–Crippen MR) is 262 cm³/mol. The molecule has 2 saturated heterocycles. The normalized spacial score (nSPS) is 23.8. The summed E-state index contributed by atoms with van der Waals surface area (Å²) in [5, 5.41) is 29.6. The zero-order chi connectivity index (χ0) is 52.6. The van der Waals surface area contributed by atoms with Crippen molar-refractivity contribution in [2.45, 2.75) is 120 Å². The maximum atomic E-state index is 14.5. The van der Waals surface area contributed by atoms with E-state index in [0.29, 0.717) is 24.8 Å². The maximum absolute atomic E-state index is 14.5. The van der Waals surface area contributed by atoms with Gasteiger partial charge in [0.05, 0.1) is 25.4 Å². The molecular formula is C44H69N13O12S2. The summed E-state index contributed by atoms with van der Waals surface area (Å²) < 4.78 is 0. The molecule has 9 atom stereocenters. The lowest BCUT2D eigenvalue weighted by atomic mass is 9.96. The van der Waals surface area contributed by atoms with E-state index in [1.165, 1.54) is 4.90 Å². The van der Waals surface area contributed by atoms with Crippen LogP contribution in [0.25, 0.3) is 0 Å². The minimum absolute atomic E-state index is 0.000459. The number of benzene rings is 1. The third-order valence-electron chi connectivity index (χ3n) is 11.5. The van der Waals surface area contributed by atoms with Crippen LogP contribution in [0.2, 0.25) is 0 Å². The predicted octanol–water partition coefficient (Wildman–Crippen LogP) is -5.00. The molecule has 17 N–H and O–H groups in total. The average molecular weight is 1040 g/mol. The number of nitrogens with two attached hydrogens (primary N) is 4. The number of likely N-dealkylation sites (tertiary alicyclic amines) is 1. The van der Waals surface area contributed by atoms with E-state index in [9.17, 15) is 57.8 Å². The van der Waals surface area contributed by atoms with E-state index in [1.807, 2.05) is 0 Å². The summed E-state index contributed by atoms with van der Waals surface area (Å²) in [6.07, 6.45) is -0.171. The van der Waals surface area contributed by atoms with Crippen LogP contribution < -0.4 is 65.5 Å². The van der Waals surface area contributed by atoms with Crippen molar-refractivity contribution in [2.75, 3.05) is 44.3 Å². The Hall–Kier alpha value is -6.03. The molecule has 71 heavy (non-hydrogen) atoms. The Bertz CT molecular complexity index is 2040. The summed E-state index contributed by atoms with van der Waals surface area (Å²) in [5.74, 6) is -10.4. The van der Waals surface area contributed by atoms with Crippen molar-refractivity contribution in [1.29, 1.82) is 0 Å². The van der Waals surface area contributed by atoms with Gasteiger partial charge in [0.15, 0.2) is 0 Å². The number of aliphatic hydroxyl groups excluding tert-OH is 1. The van der Waals surface area contributed by atoms with Crippen molar-refractivity contribution in [3.8, 4) is 0 Å². The topological polar surface area (TPSA) is 412 Å². The highest BCUT2D eigenvalue weighted by atomic mass is 33.1. The highest BCUT2D eigenvalue weighted by molar-refractivity contribution is 8.76. The molecule has 3 rings (SSSR count). The fraction of sp³-hybridized carbons (Fsp3) is 0.614. The molecule has 0 aromatic heterocycles. The molecular weight excluding hydrogens is 967 g/mol. The van der Waals surface area contributed by atoms with Gasteiger partial charge in [-0.1, -0.05) is 72.2 Å². The Morgan fingerprint density at radius 1 is 0.803 bits per heavy atom. The number of rotatable bonds is 20. The summed E-state index contributed by atoms with van der Waals surface area (Å²) >= 11 is 0. The average Bonchev–Trinajstić information content (AvgIpc) is 3.83. The van der Waals surface area contributed by atoms with E-state index in [1.54, 1.807) is 44.2 Å². The first kappa shape index (κ1) is 59.3. The zero-order valence-corrected chi connectivity index (χ0v) is 41.5. The van der Waals surface area contributed by atoms with Crippen molar-refractivity contribution >= 4 is 86.6 Å². The number of hydrogen-bond acceptors (Lipinski definition) is 16. The van der Waals surface area contributed by atoms with Gasteiger partial charge in [-0.3, -0.25) is 52.7 Å². The monoisotopic (exact) mass is 1040 g/mol. The zero-order valence-electron chi connectivity index (χ0n) is 39.9. The first-order valence-corrected chi connectivity index (χ1v) is 25.9. The number of amides is 11. The highest BCUT2D eigenvalue weighted by Gasteiger charge is 2.41. The number of hydrogen-bond donors (Lipinski definition) is 13. The maximum Gasteiger partial charge on any atom is 0.246 e. The van der Waals surface area contributed by atoms with Gasteiger partial charge in [-0.05, 0) is 50.1 Å². The quantitative estimate of drug-likeness (QED) is 0.0430. The first-order valence-electron chi connectivity index (χ1n) is 23.4. The van der Waals surface area contributed by atoms with Gasteiger partial charge in [-0.25, -0.2) is 0 Å². The van der Waals surface area contributed by atoms with Crippen LogP contribution in [0.15, 0.2) is 30.3 Å². The second-order valence-electron chi connectivity index (χ2n) is 17.1. The van der Waals surface area contributed by atoms with Gasteiger partial charge in [0, 0.05) is 37.6 Å². The smallest absolute Gasteiger partial charge is 0.246 e. The second-order valence-corrected chi connectivity index (χ2v) is 19.7. The van der Waals surface area contributed by atoms with Gasteiger partial charge in [0.1, 0.15) is 42.3 Å². The molecule has 0 spiro atoms. The molecule has 11 amide bonds. The van der Waals surface area contributed by atoms with Crippen molar-refractivity contribution in [2.24, 2.45) is 28.9 Å². The number of primary amides is 2. The number of carbonyl (C=O) groups excluding carboxylic acids is 11. The van der Waals surface area contributed by atoms with Crippen LogP contribution in [-0.4, -0.2) is 168 Å². The van der Waals surface area contributed by atoms with Crippen LogP contribution in [0.5, 0.6) is 0 Å². The van der Waals surface area contributed by atoms with Crippen LogP contribution in [0.1, 0.15) is 70.8 Å². The van der Waals surface area contributed by atoms with Crippen molar-refractivity contribution in [3.63, 3.8) is 0 Å². The fourth-order valence-corrected chi connectivity index (χ4v) is 9.71. The van der Waals surface area contributed by atoms with E-state index in [-0.39, 0.29) is 63.4 Å². The van der Waals surface area contributed by atoms with Crippen molar-refractivity contribution in [1.82, 2.24) is 47.4 Å². The Morgan fingerprint density at radius 3 is 2.08 bits per heavy atom. The van der Waals surface area contributed by atoms with E-state index in [2.05, 4.69) is 42.5 Å². The molecule has 2 aliphatic heterocycles. The molecule has 0 aliphatic carbocycles. The largest absolute Gasteiger partial charge is 0.396 e. The fourth-order valence-electron chi connectivity index (χ4n) is 7.43. The summed E-state index contributed by atoms with van der Waals surface area (Å²) in [5.41, 5.74) is 23.4. The second kappa shape index (κ2) is 30.7. The minimum atomic E-state index is -1.80. The van der Waals surface area contributed by atoms with Gasteiger partial charge in [-0.2, -0.15) is 0 Å². The number of nitrogens with zero attached hydrogens (tertiary/aromatic N) is 1. The standard InChI is InChI=1S/C44H69N13O12S2/c1-3-24(2)36-43(68)54-30(20-35(61)49-15-9-17-58)40(65)53-29(19-33(47)59)39(64)55-31(23-71-70-22-26(46)37(62)52-28(41(66)56-36)18-25-10-5-4-6-11-25)44(69)57-16-8-13-32(57)42(67)51-27(12-7-14-45)38(63)50-21-34(48)60/h4-6,10-11,24,26-32,36,58H,3,7-9,12-23,45-46H2,1-2H3,(H2,47,59)(H2,48,60)(H,49,61)(H,50,63)(H,51,67)(H,52,62)(H,53,65)(H,54,68)(H,55,64)(H,56,66)/t24-,26-,27-,28-,29-,30-,31-,32-,36-/m0/s1. The van der Waals surface area contributed by atoms with E-state index in [4.69, 9.17) is 22.9 Å². The third kappa shape index (κ3) is 19.9. The molecule has 1 aromatic carbocycles. The number of aliphatic hydroxyl groups is 1. The molecule has 2 fully saturated rings. The van der Waals surface area contributed by atoms with Gasteiger partial charge in [-0.15, -0.1) is 0 Å². The van der Waals surface area contributed by atoms with Crippen LogP contribution in [0.4, 0.5) is 0 Å². The number of carbonyl (C=O) groups is 11. The van der Waals surface area contributed by atoms with Crippen LogP contribution in [0, 0.1) is 5.92 Å². The van der Waals surface area contributed by atoms with E-state index in [0.717, 1.165) is 21.6 Å². The Balaban J connectivity index is 2.07. The summed E-state index contributed by atoms with van der Waals surface area (Å²) in [4.78, 5) is 150. The summed E-state index contributed by atoms with van der Waals surface area (Å²) in [6.45, 7) is 2.86. The van der Waals surface area contributed by atoms with Gasteiger partial charge >= 0.3 is 0 Å². The van der Waals surface area contributed by atoms with Gasteiger partial charge in [0.25, 0.3) is 0 Å². The molecule has 0 unspecified atom stereocenters. The van der Waals surface area contributed by atoms with Crippen molar-refractivity contribution < 1.29 is 57.8 Å². The molecule has 0 radical (unpaired) electrons.